The summed E-state index contributed by atoms with van der Waals surface area (Å²) in [6, 6.07) is 0. The number of anilines is 2. The lowest BCUT2D eigenvalue weighted by Gasteiger charge is -2.34. The lowest BCUT2D eigenvalue weighted by atomic mass is 9.92. The number of morpholine rings is 1. The number of nitrogens with one attached hydrogen (secondary N) is 2. The van der Waals surface area contributed by atoms with Crippen LogP contribution >= 0.6 is 11.3 Å². The van der Waals surface area contributed by atoms with Crippen LogP contribution in [0.25, 0.3) is 0 Å². The molecular weight excluding hydrogens is 440 g/mol. The Hall–Kier alpha value is -2.30. The van der Waals surface area contributed by atoms with Gasteiger partial charge in [-0.1, -0.05) is 13.8 Å². The molecule has 2 unspecified atom stereocenters. The quantitative estimate of drug-likeness (QED) is 0.635. The van der Waals surface area contributed by atoms with Crippen LogP contribution in [0.1, 0.15) is 43.6 Å². The van der Waals surface area contributed by atoms with E-state index in [0.717, 1.165) is 25.3 Å². The summed E-state index contributed by atoms with van der Waals surface area (Å²) in [4.78, 5) is 41.6. The van der Waals surface area contributed by atoms with Gasteiger partial charge in [0.2, 0.25) is 11.9 Å². The molecule has 0 aliphatic carbocycles. The maximum atomic E-state index is 12.6. The number of H-pyrrole nitrogens is 1. The highest BCUT2D eigenvalue weighted by atomic mass is 32.1. The summed E-state index contributed by atoms with van der Waals surface area (Å²) in [5.41, 5.74) is 2.02. The molecule has 4 rings (SSSR count). The van der Waals surface area contributed by atoms with Crippen LogP contribution in [0.2, 0.25) is 0 Å². The summed E-state index contributed by atoms with van der Waals surface area (Å²) < 4.78 is 5.35. The fraction of sp³-hybridized carbons (Fsp3) is 0.652. The number of hydrogen-bond donors (Lipinski definition) is 2. The number of rotatable bonds is 7. The zero-order valence-electron chi connectivity index (χ0n) is 19.7. The molecule has 2 aliphatic rings. The second kappa shape index (κ2) is 10.8. The van der Waals surface area contributed by atoms with Gasteiger partial charge in [-0.05, 0) is 31.6 Å². The first-order valence-electron chi connectivity index (χ1n) is 11.8. The van der Waals surface area contributed by atoms with E-state index in [1.54, 1.807) is 0 Å². The van der Waals surface area contributed by atoms with E-state index in [9.17, 15) is 9.59 Å². The molecule has 0 bridgehead atoms. The maximum Gasteiger partial charge on any atom is 0.255 e. The summed E-state index contributed by atoms with van der Waals surface area (Å²) in [7, 11) is 0. The van der Waals surface area contributed by atoms with Crippen LogP contribution in [0.5, 0.6) is 0 Å². The Labute approximate surface area is 198 Å². The number of aromatic nitrogens is 3. The SMILES string of the molecule is Cc1nc(N2CCOCC2)[nH]c(=O)c1CCC(=O)Nc1nc(CN2CC(C)CC(C)C2)cs1. The Morgan fingerprint density at radius 3 is 2.67 bits per heavy atom. The van der Waals surface area contributed by atoms with Crippen LogP contribution in [-0.4, -0.2) is 65.2 Å². The smallest absolute Gasteiger partial charge is 0.255 e. The number of thiazole rings is 1. The van der Waals surface area contributed by atoms with Crippen molar-refractivity contribution in [3.63, 3.8) is 0 Å². The first-order chi connectivity index (χ1) is 15.9. The molecule has 2 fully saturated rings. The number of amides is 1. The van der Waals surface area contributed by atoms with E-state index < -0.39 is 0 Å². The number of carbonyl (C=O) groups excluding carboxylic acids is 1. The van der Waals surface area contributed by atoms with Gasteiger partial charge in [0.15, 0.2) is 5.13 Å². The highest BCUT2D eigenvalue weighted by Gasteiger charge is 2.22. The van der Waals surface area contributed by atoms with Crippen LogP contribution < -0.4 is 15.8 Å². The minimum atomic E-state index is -0.182. The van der Waals surface area contributed by atoms with Crippen molar-refractivity contribution in [2.75, 3.05) is 49.6 Å². The molecule has 0 radical (unpaired) electrons. The number of hydrogen-bond acceptors (Lipinski definition) is 8. The third kappa shape index (κ3) is 6.39. The lowest BCUT2D eigenvalue weighted by Crippen LogP contribution is -2.38. The van der Waals surface area contributed by atoms with E-state index >= 15 is 0 Å². The van der Waals surface area contributed by atoms with Gasteiger partial charge in [-0.2, -0.15) is 0 Å². The third-order valence-electron chi connectivity index (χ3n) is 6.25. The van der Waals surface area contributed by atoms with Crippen LogP contribution in [0.15, 0.2) is 10.2 Å². The molecule has 10 heteroatoms. The Kier molecular flexibility index (Phi) is 7.77. The van der Waals surface area contributed by atoms with Crippen molar-refractivity contribution in [2.24, 2.45) is 11.8 Å². The zero-order valence-corrected chi connectivity index (χ0v) is 20.5. The number of carbonyl (C=O) groups is 1. The molecule has 2 saturated heterocycles. The number of ether oxygens (including phenoxy) is 1. The molecule has 4 heterocycles. The van der Waals surface area contributed by atoms with E-state index in [2.05, 4.69) is 39.0 Å². The van der Waals surface area contributed by atoms with Crippen molar-refractivity contribution >= 4 is 28.3 Å². The molecule has 1 amide bonds. The van der Waals surface area contributed by atoms with Gasteiger partial charge >= 0.3 is 0 Å². The number of aryl methyl sites for hydroxylation is 1. The van der Waals surface area contributed by atoms with Crippen molar-refractivity contribution in [1.82, 2.24) is 19.9 Å². The van der Waals surface area contributed by atoms with E-state index in [-0.39, 0.29) is 17.9 Å². The van der Waals surface area contributed by atoms with E-state index in [0.29, 0.717) is 66.9 Å². The minimum Gasteiger partial charge on any atom is -0.378 e. The molecule has 2 N–H and O–H groups in total. The van der Waals surface area contributed by atoms with Crippen LogP contribution in [0.3, 0.4) is 0 Å². The van der Waals surface area contributed by atoms with Crippen molar-refractivity contribution < 1.29 is 9.53 Å². The van der Waals surface area contributed by atoms with Crippen molar-refractivity contribution in [2.45, 2.75) is 46.6 Å². The second-order valence-corrected chi connectivity index (χ2v) is 10.2. The average Bonchev–Trinajstić information content (AvgIpc) is 3.19. The summed E-state index contributed by atoms with van der Waals surface area (Å²) in [5, 5.41) is 5.51. The Morgan fingerprint density at radius 1 is 1.24 bits per heavy atom. The fourth-order valence-corrected chi connectivity index (χ4v) is 5.54. The molecule has 2 aliphatic heterocycles. The van der Waals surface area contributed by atoms with Crippen LogP contribution in [-0.2, 0) is 22.5 Å². The monoisotopic (exact) mass is 474 g/mol. The number of piperidine rings is 1. The van der Waals surface area contributed by atoms with Gasteiger partial charge in [0.25, 0.3) is 5.56 Å². The normalized spacial score (nSPS) is 21.8. The molecule has 2 atom stereocenters. The van der Waals surface area contributed by atoms with Crippen LogP contribution in [0.4, 0.5) is 11.1 Å². The first-order valence-corrected chi connectivity index (χ1v) is 12.6. The molecule has 180 valence electrons. The van der Waals surface area contributed by atoms with Gasteiger partial charge in [-0.15, -0.1) is 11.3 Å². The van der Waals surface area contributed by atoms with Crippen LogP contribution in [0, 0.1) is 18.8 Å². The van der Waals surface area contributed by atoms with Gasteiger partial charge in [0.1, 0.15) is 0 Å². The Bertz CT molecular complexity index is 1010. The molecule has 0 saturated carbocycles. The Morgan fingerprint density at radius 2 is 1.97 bits per heavy atom. The predicted octanol–water partition coefficient (Wildman–Crippen LogP) is 2.42. The van der Waals surface area contributed by atoms with E-state index in [1.165, 1.54) is 17.8 Å². The summed E-state index contributed by atoms with van der Waals surface area (Å²) in [5.74, 6) is 1.83. The topological polar surface area (TPSA) is 103 Å². The second-order valence-electron chi connectivity index (χ2n) is 9.39. The molecule has 9 nitrogen and oxygen atoms in total. The molecular formula is C23H34N6O3S. The summed E-state index contributed by atoms with van der Waals surface area (Å²) in [6.45, 7) is 12.1. The molecule has 2 aromatic heterocycles. The summed E-state index contributed by atoms with van der Waals surface area (Å²) in [6.07, 6.45) is 1.83. The number of aromatic amines is 1. The zero-order chi connectivity index (χ0) is 23.4. The minimum absolute atomic E-state index is 0.146. The molecule has 0 aromatic carbocycles. The predicted molar refractivity (Wildman–Crippen MR) is 130 cm³/mol. The van der Waals surface area contributed by atoms with E-state index in [4.69, 9.17) is 4.74 Å². The molecule has 2 aromatic rings. The van der Waals surface area contributed by atoms with Gasteiger partial charge in [-0.3, -0.25) is 19.5 Å². The third-order valence-corrected chi connectivity index (χ3v) is 7.06. The average molecular weight is 475 g/mol. The van der Waals surface area contributed by atoms with Gasteiger partial charge in [-0.25, -0.2) is 9.97 Å². The molecule has 0 spiro atoms. The van der Waals surface area contributed by atoms with E-state index in [1.807, 2.05) is 17.2 Å². The lowest BCUT2D eigenvalue weighted by molar-refractivity contribution is -0.116. The first kappa shape index (κ1) is 23.8. The van der Waals surface area contributed by atoms with Gasteiger partial charge in [0, 0.05) is 55.8 Å². The number of likely N-dealkylation sites (tertiary alicyclic amines) is 1. The van der Waals surface area contributed by atoms with Crippen molar-refractivity contribution in [3.8, 4) is 0 Å². The standard InChI is InChI=1S/C23H34N6O3S/c1-15-10-16(2)12-28(11-15)13-18-14-33-23(25-18)26-20(30)5-4-19-17(3)24-22(27-21(19)31)29-6-8-32-9-7-29/h14-16H,4-13H2,1-3H3,(H,24,27,31)(H,25,26,30). The Balaban J connectivity index is 1.29. The van der Waals surface area contributed by atoms with Gasteiger partial charge in [0.05, 0.1) is 18.9 Å². The molecule has 33 heavy (non-hydrogen) atoms. The largest absolute Gasteiger partial charge is 0.378 e. The number of nitrogens with zero attached hydrogens (tertiary/aromatic N) is 4. The van der Waals surface area contributed by atoms with Gasteiger partial charge < -0.3 is 15.0 Å². The van der Waals surface area contributed by atoms with Crippen molar-refractivity contribution in [1.29, 1.82) is 0 Å². The summed E-state index contributed by atoms with van der Waals surface area (Å²) >= 11 is 1.45. The van der Waals surface area contributed by atoms with Crippen molar-refractivity contribution in [3.05, 3.63) is 32.7 Å². The highest BCUT2D eigenvalue weighted by molar-refractivity contribution is 7.13. The highest BCUT2D eigenvalue weighted by Crippen LogP contribution is 2.24. The fourth-order valence-electron chi connectivity index (χ4n) is 4.82. The maximum absolute atomic E-state index is 12.6.